The Kier molecular flexibility index (Phi) is 48.1. The molecule has 2 atom stereocenters. The highest BCUT2D eigenvalue weighted by atomic mass is 16.6. The molecule has 0 saturated carbocycles. The van der Waals surface area contributed by atoms with E-state index in [0.29, 0.717) is 19.3 Å². The van der Waals surface area contributed by atoms with Gasteiger partial charge in [-0.3, -0.25) is 14.4 Å². The average Bonchev–Trinajstić information content (AvgIpc) is 3.26. The van der Waals surface area contributed by atoms with E-state index in [1.54, 1.807) is 0 Å². The molecule has 0 radical (unpaired) electrons. The van der Waals surface area contributed by atoms with Crippen LogP contribution in [0, 0.1) is 5.92 Å². The molecule has 0 saturated heterocycles. The van der Waals surface area contributed by atoms with Gasteiger partial charge >= 0.3 is 17.9 Å². The summed E-state index contributed by atoms with van der Waals surface area (Å²) < 4.78 is 16.8. The molecule has 362 valence electrons. The maximum atomic E-state index is 12.8. The molecule has 0 N–H and O–H groups in total. The van der Waals surface area contributed by atoms with Crippen molar-refractivity contribution in [2.75, 3.05) is 13.2 Å². The van der Waals surface area contributed by atoms with Crippen molar-refractivity contribution in [1.29, 1.82) is 0 Å². The van der Waals surface area contributed by atoms with E-state index in [1.165, 1.54) is 205 Å². The molecule has 0 aliphatic carbocycles. The molecule has 0 aromatic carbocycles. The largest absolute Gasteiger partial charge is 0.462 e. The molecule has 0 aromatic heterocycles. The molecule has 0 heterocycles. The number of hydrogen-bond acceptors (Lipinski definition) is 6. The SMILES string of the molecule is CCCCCCCCCCCCCCCCCCCCCC(=O)OC[C@@H](COC(=O)CCCCCCCCC(C)CC)OC(=O)CCCCCCCCCCCCCCCC. The Hall–Kier alpha value is -1.59. The van der Waals surface area contributed by atoms with Gasteiger partial charge in [-0.2, -0.15) is 0 Å². The van der Waals surface area contributed by atoms with Gasteiger partial charge in [0, 0.05) is 19.3 Å². The van der Waals surface area contributed by atoms with Crippen LogP contribution >= 0.6 is 0 Å². The second kappa shape index (κ2) is 49.4. The van der Waals surface area contributed by atoms with Gasteiger partial charge in [-0.1, -0.05) is 272 Å². The minimum Gasteiger partial charge on any atom is -0.462 e. The van der Waals surface area contributed by atoms with E-state index in [0.717, 1.165) is 63.7 Å². The highest BCUT2D eigenvalue weighted by Crippen LogP contribution is 2.18. The van der Waals surface area contributed by atoms with Crippen LogP contribution in [0.3, 0.4) is 0 Å². The van der Waals surface area contributed by atoms with E-state index in [1.807, 2.05) is 0 Å². The third kappa shape index (κ3) is 47.7. The number of ether oxygens (including phenoxy) is 3. The second-order valence-electron chi connectivity index (χ2n) is 19.1. The monoisotopic (exact) mass is 863 g/mol. The topological polar surface area (TPSA) is 78.9 Å². The Labute approximate surface area is 380 Å². The van der Waals surface area contributed by atoms with Crippen LogP contribution in [-0.2, 0) is 28.6 Å². The van der Waals surface area contributed by atoms with Crippen LogP contribution in [0.5, 0.6) is 0 Å². The van der Waals surface area contributed by atoms with E-state index in [4.69, 9.17) is 14.2 Å². The first kappa shape index (κ1) is 59.4. The Bertz CT molecular complexity index is 920. The quantitative estimate of drug-likeness (QED) is 0.0344. The van der Waals surface area contributed by atoms with Gasteiger partial charge in [0.25, 0.3) is 0 Å². The maximum Gasteiger partial charge on any atom is 0.306 e. The van der Waals surface area contributed by atoms with Crippen molar-refractivity contribution in [3.05, 3.63) is 0 Å². The molecule has 0 spiro atoms. The zero-order valence-corrected chi connectivity index (χ0v) is 41.6. The maximum absolute atomic E-state index is 12.8. The van der Waals surface area contributed by atoms with Crippen LogP contribution in [0.25, 0.3) is 0 Å². The van der Waals surface area contributed by atoms with Gasteiger partial charge in [0.05, 0.1) is 0 Å². The Morgan fingerprint density at radius 2 is 0.574 bits per heavy atom. The molecular weight excluding hydrogens is 757 g/mol. The lowest BCUT2D eigenvalue weighted by Crippen LogP contribution is -2.30. The fraction of sp³-hybridized carbons (Fsp3) is 0.945. The predicted octanol–water partition coefficient (Wildman–Crippen LogP) is 17.8. The van der Waals surface area contributed by atoms with Gasteiger partial charge in [-0.15, -0.1) is 0 Å². The van der Waals surface area contributed by atoms with Crippen LogP contribution in [0.2, 0.25) is 0 Å². The van der Waals surface area contributed by atoms with E-state index in [2.05, 4.69) is 27.7 Å². The highest BCUT2D eigenvalue weighted by molar-refractivity contribution is 5.71. The molecule has 0 aliphatic rings. The second-order valence-corrected chi connectivity index (χ2v) is 19.1. The third-order valence-electron chi connectivity index (χ3n) is 12.9. The number of rotatable bonds is 50. The molecule has 0 aromatic rings. The number of hydrogen-bond donors (Lipinski definition) is 0. The lowest BCUT2D eigenvalue weighted by atomic mass is 10.00. The lowest BCUT2D eigenvalue weighted by molar-refractivity contribution is -0.167. The van der Waals surface area contributed by atoms with Crippen molar-refractivity contribution in [3.63, 3.8) is 0 Å². The summed E-state index contributed by atoms with van der Waals surface area (Å²) in [5, 5.41) is 0. The third-order valence-corrected chi connectivity index (χ3v) is 12.9. The molecule has 0 rings (SSSR count). The first-order chi connectivity index (χ1) is 29.9. The average molecular weight is 863 g/mol. The van der Waals surface area contributed by atoms with Crippen LogP contribution in [-0.4, -0.2) is 37.2 Å². The Morgan fingerprint density at radius 3 is 0.852 bits per heavy atom. The molecule has 6 nitrogen and oxygen atoms in total. The summed E-state index contributed by atoms with van der Waals surface area (Å²) in [6, 6.07) is 0. The van der Waals surface area contributed by atoms with Crippen LogP contribution in [0.1, 0.15) is 310 Å². The van der Waals surface area contributed by atoms with E-state index in [9.17, 15) is 14.4 Å². The van der Waals surface area contributed by atoms with Crippen LogP contribution in [0.15, 0.2) is 0 Å². The normalized spacial score (nSPS) is 12.4. The smallest absolute Gasteiger partial charge is 0.306 e. The molecule has 6 heteroatoms. The molecule has 61 heavy (non-hydrogen) atoms. The summed E-state index contributed by atoms with van der Waals surface area (Å²) in [4.78, 5) is 38.0. The van der Waals surface area contributed by atoms with Crippen LogP contribution < -0.4 is 0 Å². The molecular formula is C55H106O6. The molecule has 0 fully saturated rings. The highest BCUT2D eigenvalue weighted by Gasteiger charge is 2.19. The van der Waals surface area contributed by atoms with Gasteiger partial charge in [-0.25, -0.2) is 0 Å². The molecule has 1 unspecified atom stereocenters. The van der Waals surface area contributed by atoms with Crippen LogP contribution in [0.4, 0.5) is 0 Å². The van der Waals surface area contributed by atoms with E-state index >= 15 is 0 Å². The number of carbonyl (C=O) groups is 3. The van der Waals surface area contributed by atoms with Gasteiger partial charge in [0.15, 0.2) is 6.10 Å². The standard InChI is InChI=1S/C55H106O6/c1-5-8-10-12-14-16-18-20-22-23-24-25-26-28-29-31-33-38-42-46-53(56)59-49-52(50-60-54(57)47-43-39-36-35-37-41-45-51(4)7-3)61-55(58)48-44-40-34-32-30-27-21-19-17-15-13-11-9-6-2/h51-52H,5-50H2,1-4H3/t51?,52-/m0/s1. The first-order valence-corrected chi connectivity index (χ1v) is 27.4. The zero-order valence-electron chi connectivity index (χ0n) is 41.6. The predicted molar refractivity (Wildman–Crippen MR) is 261 cm³/mol. The van der Waals surface area contributed by atoms with Crippen molar-refractivity contribution in [3.8, 4) is 0 Å². The number of carbonyl (C=O) groups excluding carboxylic acids is 3. The Balaban J connectivity index is 4.24. The van der Waals surface area contributed by atoms with Gasteiger partial charge < -0.3 is 14.2 Å². The summed E-state index contributed by atoms with van der Waals surface area (Å²) in [5.41, 5.74) is 0. The van der Waals surface area contributed by atoms with E-state index < -0.39 is 6.10 Å². The number of esters is 3. The van der Waals surface area contributed by atoms with Crippen molar-refractivity contribution in [1.82, 2.24) is 0 Å². The first-order valence-electron chi connectivity index (χ1n) is 27.4. The fourth-order valence-corrected chi connectivity index (χ4v) is 8.36. The summed E-state index contributed by atoms with van der Waals surface area (Å²) in [6.07, 6.45) is 52.4. The minimum absolute atomic E-state index is 0.0631. The van der Waals surface area contributed by atoms with Gasteiger partial charge in [-0.05, 0) is 25.2 Å². The van der Waals surface area contributed by atoms with Crippen molar-refractivity contribution >= 4 is 17.9 Å². The number of unbranched alkanes of at least 4 members (excludes halogenated alkanes) is 36. The zero-order chi connectivity index (χ0) is 44.5. The van der Waals surface area contributed by atoms with E-state index in [-0.39, 0.29) is 31.1 Å². The van der Waals surface area contributed by atoms with Crippen molar-refractivity contribution in [2.24, 2.45) is 5.92 Å². The van der Waals surface area contributed by atoms with Crippen molar-refractivity contribution < 1.29 is 28.6 Å². The molecule has 0 bridgehead atoms. The van der Waals surface area contributed by atoms with Crippen molar-refractivity contribution in [2.45, 2.75) is 316 Å². The lowest BCUT2D eigenvalue weighted by Gasteiger charge is -2.18. The Morgan fingerprint density at radius 1 is 0.328 bits per heavy atom. The minimum atomic E-state index is -0.761. The summed E-state index contributed by atoms with van der Waals surface area (Å²) in [5.74, 6) is -0.0300. The fourth-order valence-electron chi connectivity index (χ4n) is 8.36. The summed E-state index contributed by atoms with van der Waals surface area (Å²) >= 11 is 0. The summed E-state index contributed by atoms with van der Waals surface area (Å²) in [7, 11) is 0. The molecule has 0 amide bonds. The van der Waals surface area contributed by atoms with Gasteiger partial charge in [0.1, 0.15) is 13.2 Å². The summed E-state index contributed by atoms with van der Waals surface area (Å²) in [6.45, 7) is 9.01. The molecule has 0 aliphatic heterocycles. The van der Waals surface area contributed by atoms with Gasteiger partial charge in [0.2, 0.25) is 0 Å².